The number of carbonyl (C=O) groups is 1. The molecule has 16 heavy (non-hydrogen) atoms. The zero-order valence-corrected chi connectivity index (χ0v) is 11.7. The van der Waals surface area contributed by atoms with Crippen molar-refractivity contribution in [3.05, 3.63) is 27.7 Å². The fourth-order valence-electron chi connectivity index (χ4n) is 1.42. The number of nitrogens with one attached hydrogen (secondary N) is 1. The quantitative estimate of drug-likeness (QED) is 0.885. The fraction of sp³-hybridized carbons (Fsp3) is 0.417. The number of anilines is 1. The molecule has 1 rings (SSSR count). The maximum atomic E-state index is 11.7. The molecule has 0 heterocycles. The second-order valence-electron chi connectivity index (χ2n) is 3.88. The van der Waals surface area contributed by atoms with Gasteiger partial charge in [0.05, 0.1) is 5.69 Å². The van der Waals surface area contributed by atoms with E-state index in [0.29, 0.717) is 6.54 Å². The van der Waals surface area contributed by atoms with Crippen molar-refractivity contribution in [2.24, 2.45) is 0 Å². The van der Waals surface area contributed by atoms with Crippen LogP contribution in [0.15, 0.2) is 16.6 Å². The van der Waals surface area contributed by atoms with Crippen molar-refractivity contribution >= 4 is 27.6 Å². The van der Waals surface area contributed by atoms with E-state index in [-0.39, 0.29) is 6.03 Å². The van der Waals surface area contributed by atoms with Crippen molar-refractivity contribution in [1.29, 1.82) is 0 Å². The number of rotatable bonds is 2. The van der Waals surface area contributed by atoms with Crippen LogP contribution in [-0.4, -0.2) is 24.5 Å². The van der Waals surface area contributed by atoms with Crippen LogP contribution in [0.1, 0.15) is 18.1 Å². The van der Waals surface area contributed by atoms with E-state index in [2.05, 4.69) is 21.2 Å². The molecule has 0 unspecified atom stereocenters. The van der Waals surface area contributed by atoms with Crippen LogP contribution in [0.2, 0.25) is 0 Å². The van der Waals surface area contributed by atoms with Crippen molar-refractivity contribution in [3.8, 4) is 0 Å². The zero-order valence-electron chi connectivity index (χ0n) is 10.1. The number of amides is 2. The third-order valence-corrected chi connectivity index (χ3v) is 3.11. The molecule has 0 spiro atoms. The Labute approximate surface area is 105 Å². The van der Waals surface area contributed by atoms with E-state index >= 15 is 0 Å². The van der Waals surface area contributed by atoms with Crippen molar-refractivity contribution in [2.45, 2.75) is 20.8 Å². The Kier molecular flexibility index (Phi) is 4.35. The Morgan fingerprint density at radius 3 is 2.56 bits per heavy atom. The van der Waals surface area contributed by atoms with Crippen molar-refractivity contribution < 1.29 is 4.79 Å². The number of carbonyl (C=O) groups excluding carboxylic acids is 1. The van der Waals surface area contributed by atoms with Crippen molar-refractivity contribution in [2.75, 3.05) is 18.9 Å². The van der Waals surface area contributed by atoms with Gasteiger partial charge in [-0.1, -0.05) is 6.07 Å². The topological polar surface area (TPSA) is 32.3 Å². The third-order valence-electron chi connectivity index (χ3n) is 2.48. The first kappa shape index (κ1) is 13.0. The van der Waals surface area contributed by atoms with E-state index in [1.165, 1.54) is 5.56 Å². The smallest absolute Gasteiger partial charge is 0.321 e. The molecular weight excluding hydrogens is 268 g/mol. The lowest BCUT2D eigenvalue weighted by atomic mass is 10.1. The first-order valence-electron chi connectivity index (χ1n) is 5.24. The highest BCUT2D eigenvalue weighted by Crippen LogP contribution is 2.27. The summed E-state index contributed by atoms with van der Waals surface area (Å²) in [6, 6.07) is 3.95. The minimum absolute atomic E-state index is 0.0878. The highest BCUT2D eigenvalue weighted by molar-refractivity contribution is 9.10. The normalized spacial score (nSPS) is 10.1. The molecule has 0 saturated carbocycles. The monoisotopic (exact) mass is 284 g/mol. The predicted molar refractivity (Wildman–Crippen MR) is 70.9 cm³/mol. The Hall–Kier alpha value is -1.03. The lowest BCUT2D eigenvalue weighted by Gasteiger charge is -2.18. The molecule has 88 valence electrons. The van der Waals surface area contributed by atoms with Gasteiger partial charge < -0.3 is 10.2 Å². The number of hydrogen-bond acceptors (Lipinski definition) is 1. The van der Waals surface area contributed by atoms with Gasteiger partial charge >= 0.3 is 6.03 Å². The molecule has 0 aliphatic heterocycles. The van der Waals surface area contributed by atoms with Crippen LogP contribution in [0, 0.1) is 13.8 Å². The molecule has 0 aliphatic rings. The minimum atomic E-state index is -0.0878. The summed E-state index contributed by atoms with van der Waals surface area (Å²) in [5.41, 5.74) is 3.08. The molecule has 0 bridgehead atoms. The fourth-order valence-corrected chi connectivity index (χ4v) is 2.19. The summed E-state index contributed by atoms with van der Waals surface area (Å²) in [6.45, 7) is 6.64. The highest BCUT2D eigenvalue weighted by Gasteiger charge is 2.11. The number of urea groups is 1. The van der Waals surface area contributed by atoms with Gasteiger partial charge in [-0.25, -0.2) is 4.79 Å². The number of nitrogens with zero attached hydrogens (tertiary/aromatic N) is 1. The Balaban J connectivity index is 2.93. The van der Waals surface area contributed by atoms with Gasteiger partial charge in [0.2, 0.25) is 0 Å². The molecule has 1 aromatic rings. The average Bonchev–Trinajstić information content (AvgIpc) is 2.21. The maximum Gasteiger partial charge on any atom is 0.321 e. The molecule has 1 aromatic carbocycles. The summed E-state index contributed by atoms with van der Waals surface area (Å²) in [7, 11) is 1.77. The minimum Gasteiger partial charge on any atom is -0.328 e. The SMILES string of the molecule is CCN(C)C(=O)Nc1c(C)cc(C)cc1Br. The summed E-state index contributed by atoms with van der Waals surface area (Å²) in [6.07, 6.45) is 0. The summed E-state index contributed by atoms with van der Waals surface area (Å²) >= 11 is 3.46. The van der Waals surface area contributed by atoms with Crippen LogP contribution in [0.25, 0.3) is 0 Å². The Morgan fingerprint density at radius 2 is 2.06 bits per heavy atom. The number of halogens is 1. The van der Waals surface area contributed by atoms with E-state index in [1.807, 2.05) is 32.9 Å². The van der Waals surface area contributed by atoms with Gasteiger partial charge in [-0.3, -0.25) is 0 Å². The molecule has 0 saturated heterocycles. The number of benzene rings is 1. The molecule has 0 radical (unpaired) electrons. The third kappa shape index (κ3) is 2.98. The summed E-state index contributed by atoms with van der Waals surface area (Å²) < 4.78 is 0.919. The van der Waals surface area contributed by atoms with E-state index in [1.54, 1.807) is 11.9 Å². The lowest BCUT2D eigenvalue weighted by Crippen LogP contribution is -2.31. The van der Waals surface area contributed by atoms with Gasteiger partial charge in [0.1, 0.15) is 0 Å². The number of aryl methyl sites for hydroxylation is 2. The molecule has 0 aliphatic carbocycles. The Morgan fingerprint density at radius 1 is 1.44 bits per heavy atom. The first-order valence-corrected chi connectivity index (χ1v) is 6.03. The van der Waals surface area contributed by atoms with Gasteiger partial charge in [0.15, 0.2) is 0 Å². The van der Waals surface area contributed by atoms with Crippen molar-refractivity contribution in [3.63, 3.8) is 0 Å². The van der Waals surface area contributed by atoms with Gasteiger partial charge in [-0.2, -0.15) is 0 Å². The second-order valence-corrected chi connectivity index (χ2v) is 4.74. The molecule has 0 atom stereocenters. The average molecular weight is 285 g/mol. The summed E-state index contributed by atoms with van der Waals surface area (Å²) in [5.74, 6) is 0. The van der Waals surface area contributed by atoms with Crippen LogP contribution in [0.4, 0.5) is 10.5 Å². The predicted octanol–water partition coefficient (Wildman–Crippen LogP) is 3.55. The molecule has 3 nitrogen and oxygen atoms in total. The van der Waals surface area contributed by atoms with Gasteiger partial charge in [0.25, 0.3) is 0 Å². The largest absolute Gasteiger partial charge is 0.328 e. The van der Waals surface area contributed by atoms with Crippen molar-refractivity contribution in [1.82, 2.24) is 4.90 Å². The second kappa shape index (κ2) is 5.34. The van der Waals surface area contributed by atoms with Crippen LogP contribution in [0.3, 0.4) is 0 Å². The van der Waals surface area contributed by atoms with Crippen LogP contribution in [-0.2, 0) is 0 Å². The van der Waals surface area contributed by atoms with Crippen LogP contribution < -0.4 is 5.32 Å². The van der Waals surface area contributed by atoms with E-state index in [9.17, 15) is 4.79 Å². The van der Waals surface area contributed by atoms with Gasteiger partial charge in [-0.15, -0.1) is 0 Å². The molecule has 1 N–H and O–H groups in total. The lowest BCUT2D eigenvalue weighted by molar-refractivity contribution is 0.224. The molecule has 0 fully saturated rings. The van der Waals surface area contributed by atoms with E-state index in [4.69, 9.17) is 0 Å². The van der Waals surface area contributed by atoms with Gasteiger partial charge in [-0.05, 0) is 53.9 Å². The molecule has 0 aromatic heterocycles. The van der Waals surface area contributed by atoms with Gasteiger partial charge in [0, 0.05) is 18.1 Å². The summed E-state index contributed by atoms with van der Waals surface area (Å²) in [4.78, 5) is 13.4. The molecule has 2 amide bonds. The van der Waals surface area contributed by atoms with Crippen LogP contribution >= 0.6 is 15.9 Å². The molecule has 4 heteroatoms. The first-order chi connectivity index (χ1) is 7.45. The highest BCUT2D eigenvalue weighted by atomic mass is 79.9. The standard InChI is InChI=1S/C12H17BrN2O/c1-5-15(4)12(16)14-11-9(3)6-8(2)7-10(11)13/h6-7H,5H2,1-4H3,(H,14,16). The zero-order chi connectivity index (χ0) is 12.3. The van der Waals surface area contributed by atoms with E-state index < -0.39 is 0 Å². The van der Waals surface area contributed by atoms with E-state index in [0.717, 1.165) is 15.7 Å². The Bertz CT molecular complexity index is 381. The van der Waals surface area contributed by atoms with Crippen LogP contribution in [0.5, 0.6) is 0 Å². The summed E-state index contributed by atoms with van der Waals surface area (Å²) in [5, 5.41) is 2.90. The number of hydrogen-bond donors (Lipinski definition) is 1. The maximum absolute atomic E-state index is 11.7. The molecular formula is C12H17BrN2O.